The summed E-state index contributed by atoms with van der Waals surface area (Å²) in [4.78, 5) is 17.4. The zero-order valence-electron chi connectivity index (χ0n) is 21.2. The highest BCUT2D eigenvalue weighted by molar-refractivity contribution is 7.92. The molecule has 35 heavy (non-hydrogen) atoms. The Morgan fingerprint density at radius 1 is 1.06 bits per heavy atom. The summed E-state index contributed by atoms with van der Waals surface area (Å²) in [5, 5.41) is 10.8. The number of nitrogens with zero attached hydrogens (tertiary/aromatic N) is 2. The van der Waals surface area contributed by atoms with Gasteiger partial charge in [-0.1, -0.05) is 65.7 Å². The van der Waals surface area contributed by atoms with Crippen LogP contribution in [0.3, 0.4) is 0 Å². The fourth-order valence-electron chi connectivity index (χ4n) is 4.61. The number of ether oxygens (including phenoxy) is 1. The van der Waals surface area contributed by atoms with Gasteiger partial charge in [-0.05, 0) is 42.5 Å². The average molecular weight is 501 g/mol. The van der Waals surface area contributed by atoms with Crippen LogP contribution >= 0.6 is 0 Å². The molecule has 0 atom stereocenters. The van der Waals surface area contributed by atoms with Crippen LogP contribution in [0, 0.1) is 5.41 Å². The van der Waals surface area contributed by atoms with E-state index in [1.807, 2.05) is 40.7 Å². The highest BCUT2D eigenvalue weighted by Gasteiger charge is 2.43. The zero-order chi connectivity index (χ0) is 25.9. The van der Waals surface area contributed by atoms with E-state index in [2.05, 4.69) is 4.98 Å². The molecule has 0 unspecified atom stereocenters. The number of anilines is 1. The van der Waals surface area contributed by atoms with Gasteiger partial charge in [0.05, 0.1) is 5.69 Å². The lowest BCUT2D eigenvalue weighted by atomic mass is 9.84. The van der Waals surface area contributed by atoms with E-state index in [1.54, 1.807) is 30.3 Å². The van der Waals surface area contributed by atoms with E-state index >= 15 is 0 Å². The maximum Gasteiger partial charge on any atom is 0.342 e. The number of aliphatic hydroxyl groups is 1. The van der Waals surface area contributed by atoms with E-state index in [1.165, 1.54) is 16.6 Å². The molecule has 3 rings (SSSR count). The van der Waals surface area contributed by atoms with Crippen molar-refractivity contribution in [3.05, 3.63) is 60.0 Å². The Morgan fingerprint density at radius 2 is 1.69 bits per heavy atom. The lowest BCUT2D eigenvalue weighted by Crippen LogP contribution is -2.41. The number of rotatable bonds is 9. The first-order valence-corrected chi connectivity index (χ1v) is 13.6. The Kier molecular flexibility index (Phi) is 7.94. The fraction of sp³-hybridized carbons (Fsp3) is 0.481. The third-order valence-corrected chi connectivity index (χ3v) is 7.67. The van der Waals surface area contributed by atoms with Gasteiger partial charge in [-0.15, -0.1) is 0 Å². The van der Waals surface area contributed by atoms with Crippen LogP contribution in [0.1, 0.15) is 72.3 Å². The van der Waals surface area contributed by atoms with Gasteiger partial charge in [-0.25, -0.2) is 9.78 Å². The quantitative estimate of drug-likeness (QED) is 0.432. The maximum absolute atomic E-state index is 14.0. The summed E-state index contributed by atoms with van der Waals surface area (Å²) >= 11 is 0. The smallest absolute Gasteiger partial charge is 0.342 e. The van der Waals surface area contributed by atoms with Crippen LogP contribution in [0.2, 0.25) is 0 Å². The number of aromatic nitrogens is 1. The second kappa shape index (κ2) is 10.4. The first-order valence-electron chi connectivity index (χ1n) is 12.1. The summed E-state index contributed by atoms with van der Waals surface area (Å²) in [6.07, 6.45) is 4.35. The van der Waals surface area contributed by atoms with Crippen molar-refractivity contribution in [2.75, 3.05) is 10.8 Å². The van der Waals surface area contributed by atoms with Crippen molar-refractivity contribution < 1.29 is 23.1 Å². The molecular formula is C27H36N2O5S. The number of esters is 1. The van der Waals surface area contributed by atoms with Crippen molar-refractivity contribution in [3.8, 4) is 0 Å². The third-order valence-electron chi connectivity index (χ3n) is 5.94. The lowest BCUT2D eigenvalue weighted by Gasteiger charge is -2.37. The Labute approximate surface area is 208 Å². The van der Waals surface area contributed by atoms with Crippen LogP contribution in [0.25, 0.3) is 5.57 Å². The van der Waals surface area contributed by atoms with Gasteiger partial charge in [0, 0.05) is 24.7 Å². The summed E-state index contributed by atoms with van der Waals surface area (Å²) in [7, 11) is -4.19. The third kappa shape index (κ3) is 5.86. The van der Waals surface area contributed by atoms with E-state index in [4.69, 9.17) is 4.74 Å². The number of aliphatic hydroxyl groups excluding tert-OH is 1. The standard InChI is InChI=1S/C27H36N2O5S/c1-6-15-27(16-7-2)18-22(30)23(25(31)34-27)21-14-11-17-28-24(21)35(32,33)29(19-26(3,4)5)20-12-9-8-10-13-20/h8-14,17,30H,6-7,15-16,18-19H2,1-5H3. The second-order valence-electron chi connectivity index (χ2n) is 10.3. The summed E-state index contributed by atoms with van der Waals surface area (Å²) in [5.74, 6) is -0.878. The van der Waals surface area contributed by atoms with Gasteiger partial charge in [-0.2, -0.15) is 8.42 Å². The predicted octanol–water partition coefficient (Wildman–Crippen LogP) is 5.88. The number of hydrogen-bond acceptors (Lipinski definition) is 6. The van der Waals surface area contributed by atoms with Gasteiger partial charge in [0.2, 0.25) is 0 Å². The van der Waals surface area contributed by atoms with Crippen LogP contribution in [-0.4, -0.2) is 36.6 Å². The minimum absolute atomic E-state index is 0.0476. The van der Waals surface area contributed by atoms with Gasteiger partial charge >= 0.3 is 5.97 Å². The van der Waals surface area contributed by atoms with Gasteiger partial charge in [-0.3, -0.25) is 4.31 Å². The van der Waals surface area contributed by atoms with Crippen molar-refractivity contribution in [1.29, 1.82) is 0 Å². The lowest BCUT2D eigenvalue weighted by molar-refractivity contribution is -0.157. The van der Waals surface area contributed by atoms with Gasteiger partial charge in [0.15, 0.2) is 5.03 Å². The van der Waals surface area contributed by atoms with Crippen LogP contribution in [0.5, 0.6) is 0 Å². The first-order chi connectivity index (χ1) is 16.4. The molecule has 0 bridgehead atoms. The van der Waals surface area contributed by atoms with Crippen LogP contribution < -0.4 is 4.31 Å². The van der Waals surface area contributed by atoms with Crippen LogP contribution in [0.15, 0.2) is 59.4 Å². The fourth-order valence-corrected chi connectivity index (χ4v) is 6.41. The molecule has 2 aromatic rings. The van der Waals surface area contributed by atoms with Crippen molar-refractivity contribution in [2.24, 2.45) is 5.41 Å². The number of carbonyl (C=O) groups is 1. The Bertz CT molecular complexity index is 1180. The van der Waals surface area contributed by atoms with Gasteiger partial charge < -0.3 is 9.84 Å². The predicted molar refractivity (Wildman–Crippen MR) is 137 cm³/mol. The molecule has 7 nitrogen and oxygen atoms in total. The topological polar surface area (TPSA) is 96.8 Å². The Hall–Kier alpha value is -2.87. The molecule has 1 aliphatic heterocycles. The molecule has 0 saturated carbocycles. The van der Waals surface area contributed by atoms with Gasteiger partial charge in [0.1, 0.15) is 16.9 Å². The molecule has 190 valence electrons. The van der Waals surface area contributed by atoms with Crippen molar-refractivity contribution >= 4 is 27.3 Å². The molecule has 1 aliphatic rings. The maximum atomic E-state index is 14.0. The molecule has 1 N–H and O–H groups in total. The molecule has 0 aliphatic carbocycles. The van der Waals surface area contributed by atoms with E-state index in [9.17, 15) is 18.3 Å². The molecule has 0 fully saturated rings. The SMILES string of the molecule is CCCC1(CCC)CC(O)=C(c2cccnc2S(=O)(=O)N(CC(C)(C)C)c2ccccc2)C(=O)O1. The van der Waals surface area contributed by atoms with Crippen molar-refractivity contribution in [3.63, 3.8) is 0 Å². The summed E-state index contributed by atoms with van der Waals surface area (Å²) in [6, 6.07) is 11.9. The number of carbonyl (C=O) groups excluding carboxylic acids is 1. The minimum Gasteiger partial charge on any atom is -0.511 e. The van der Waals surface area contributed by atoms with Gasteiger partial charge in [0.25, 0.3) is 10.0 Å². The van der Waals surface area contributed by atoms with Crippen LogP contribution in [-0.2, 0) is 19.6 Å². The zero-order valence-corrected chi connectivity index (χ0v) is 22.1. The van der Waals surface area contributed by atoms with E-state index in [0.717, 1.165) is 12.8 Å². The Balaban J connectivity index is 2.15. The average Bonchev–Trinajstić information content (AvgIpc) is 2.77. The summed E-state index contributed by atoms with van der Waals surface area (Å²) < 4.78 is 35.3. The number of benzene rings is 1. The Morgan fingerprint density at radius 3 is 2.23 bits per heavy atom. The number of cyclic esters (lactones) is 1. The molecular weight excluding hydrogens is 464 g/mol. The van der Waals surface area contributed by atoms with E-state index < -0.39 is 21.6 Å². The number of sulfonamides is 1. The van der Waals surface area contributed by atoms with E-state index in [-0.39, 0.29) is 40.3 Å². The van der Waals surface area contributed by atoms with Crippen molar-refractivity contribution in [1.82, 2.24) is 4.98 Å². The summed E-state index contributed by atoms with van der Waals surface area (Å²) in [5.41, 5.74) is -0.733. The largest absolute Gasteiger partial charge is 0.511 e. The minimum atomic E-state index is -4.19. The normalized spacial score (nSPS) is 16.2. The number of hydrogen-bond donors (Lipinski definition) is 1. The number of para-hydroxylation sites is 1. The van der Waals surface area contributed by atoms with Crippen LogP contribution in [0.4, 0.5) is 5.69 Å². The molecule has 1 aromatic carbocycles. The molecule has 8 heteroatoms. The molecule has 0 saturated heterocycles. The molecule has 2 heterocycles. The summed E-state index contributed by atoms with van der Waals surface area (Å²) in [6.45, 7) is 10.0. The monoisotopic (exact) mass is 500 g/mol. The second-order valence-corrected chi connectivity index (χ2v) is 12.1. The number of pyridine rings is 1. The molecule has 0 spiro atoms. The van der Waals surface area contributed by atoms with E-state index in [0.29, 0.717) is 18.5 Å². The highest BCUT2D eigenvalue weighted by atomic mass is 32.2. The molecule has 1 aromatic heterocycles. The highest BCUT2D eigenvalue weighted by Crippen LogP contribution is 2.41. The first kappa shape index (κ1) is 26.7. The van der Waals surface area contributed by atoms with Crippen molar-refractivity contribution in [2.45, 2.75) is 77.3 Å². The molecule has 0 radical (unpaired) electrons. The molecule has 0 amide bonds.